The van der Waals surface area contributed by atoms with E-state index < -0.39 is 15.8 Å². The first-order valence-corrected chi connectivity index (χ1v) is 11.8. The number of H-pyrrole nitrogens is 1. The van der Waals surface area contributed by atoms with Crippen LogP contribution in [0, 0.1) is 0 Å². The van der Waals surface area contributed by atoms with E-state index in [0.717, 1.165) is 34.7 Å². The smallest absolute Gasteiger partial charge is 0.335 e. The Kier molecular flexibility index (Phi) is 5.77. The van der Waals surface area contributed by atoms with Crippen molar-refractivity contribution < 1.29 is 23.1 Å². The Bertz CT molecular complexity index is 1410. The highest BCUT2D eigenvalue weighted by Gasteiger charge is 2.18. The Morgan fingerprint density at radius 3 is 2.41 bits per heavy atom. The standard InChI is InChI=1S/C23H18N2O5S2/c1-32(28,29)21-12-15(23(26)27)8-11-19(21)30-16-9-6-14(7-10-16)20(31)13-22-24-17-4-2-3-5-18(17)25-22/h2-12H,13H2,1H3,(H,24,25)(H,26,27). The molecule has 1 heterocycles. The van der Waals surface area contributed by atoms with Crippen LogP contribution in [0.2, 0.25) is 0 Å². The molecule has 0 atom stereocenters. The number of carbonyl (C=O) groups is 1. The number of hydrogen-bond acceptors (Lipinski definition) is 6. The van der Waals surface area contributed by atoms with Gasteiger partial charge in [-0.25, -0.2) is 18.2 Å². The normalized spacial score (nSPS) is 11.4. The SMILES string of the molecule is CS(=O)(=O)c1cc(C(=O)O)ccc1Oc1ccc(C(=S)Cc2nc3ccccc3[nH]2)cc1. The zero-order valence-corrected chi connectivity index (χ0v) is 18.5. The van der Waals surface area contributed by atoms with Crippen molar-refractivity contribution >= 4 is 43.9 Å². The van der Waals surface area contributed by atoms with Gasteiger partial charge in [-0.15, -0.1) is 0 Å². The molecule has 32 heavy (non-hydrogen) atoms. The second-order valence-electron chi connectivity index (χ2n) is 7.17. The van der Waals surface area contributed by atoms with Crippen molar-refractivity contribution in [2.24, 2.45) is 0 Å². The van der Waals surface area contributed by atoms with Gasteiger partial charge in [0.05, 0.1) is 16.6 Å². The van der Waals surface area contributed by atoms with Crippen molar-refractivity contribution in [3.05, 3.63) is 83.7 Å². The van der Waals surface area contributed by atoms with Gasteiger partial charge in [0.15, 0.2) is 9.84 Å². The number of carboxylic acid groups (broad SMARTS) is 1. The third kappa shape index (κ3) is 4.68. The molecule has 0 radical (unpaired) electrons. The number of para-hydroxylation sites is 2. The summed E-state index contributed by atoms with van der Waals surface area (Å²) in [5.41, 5.74) is 2.51. The number of thiocarbonyl (C=S) groups is 1. The molecule has 0 unspecified atom stereocenters. The maximum absolute atomic E-state index is 12.1. The van der Waals surface area contributed by atoms with E-state index in [0.29, 0.717) is 17.0 Å². The molecule has 0 spiro atoms. The number of ether oxygens (including phenoxy) is 1. The average Bonchev–Trinajstić information content (AvgIpc) is 3.16. The second-order valence-corrected chi connectivity index (χ2v) is 9.64. The van der Waals surface area contributed by atoms with Gasteiger partial charge in [-0.3, -0.25) is 0 Å². The van der Waals surface area contributed by atoms with Gasteiger partial charge in [0.25, 0.3) is 0 Å². The van der Waals surface area contributed by atoms with E-state index >= 15 is 0 Å². The largest absolute Gasteiger partial charge is 0.478 e. The molecule has 3 aromatic carbocycles. The van der Waals surface area contributed by atoms with Crippen molar-refractivity contribution in [2.45, 2.75) is 11.3 Å². The van der Waals surface area contributed by atoms with Crippen molar-refractivity contribution in [3.8, 4) is 11.5 Å². The lowest BCUT2D eigenvalue weighted by Crippen LogP contribution is -2.05. The summed E-state index contributed by atoms with van der Waals surface area (Å²) in [7, 11) is -3.70. The third-order valence-electron chi connectivity index (χ3n) is 4.76. The molecule has 0 saturated carbocycles. The van der Waals surface area contributed by atoms with Crippen molar-refractivity contribution in [1.82, 2.24) is 9.97 Å². The molecule has 0 fully saturated rings. The fourth-order valence-electron chi connectivity index (χ4n) is 3.19. The summed E-state index contributed by atoms with van der Waals surface area (Å²) in [5, 5.41) is 9.13. The highest BCUT2D eigenvalue weighted by atomic mass is 32.2. The lowest BCUT2D eigenvalue weighted by atomic mass is 10.1. The maximum Gasteiger partial charge on any atom is 0.335 e. The molecule has 162 valence electrons. The summed E-state index contributed by atoms with van der Waals surface area (Å²) in [6.07, 6.45) is 1.47. The van der Waals surface area contributed by atoms with Crippen LogP contribution >= 0.6 is 12.2 Å². The van der Waals surface area contributed by atoms with Crippen LogP contribution < -0.4 is 4.74 Å². The van der Waals surface area contributed by atoms with E-state index in [4.69, 9.17) is 22.1 Å². The monoisotopic (exact) mass is 466 g/mol. The van der Waals surface area contributed by atoms with Crippen LogP contribution in [0.3, 0.4) is 0 Å². The molecule has 4 aromatic rings. The van der Waals surface area contributed by atoms with Crippen LogP contribution in [0.4, 0.5) is 0 Å². The Hall–Kier alpha value is -3.56. The first-order chi connectivity index (χ1) is 15.2. The van der Waals surface area contributed by atoms with Gasteiger partial charge < -0.3 is 14.8 Å². The van der Waals surface area contributed by atoms with Gasteiger partial charge in [0, 0.05) is 17.5 Å². The number of rotatable bonds is 7. The number of hydrogen-bond donors (Lipinski definition) is 2. The summed E-state index contributed by atoms with van der Waals surface area (Å²) < 4.78 is 29.9. The molecule has 0 bridgehead atoms. The van der Waals surface area contributed by atoms with Gasteiger partial charge >= 0.3 is 5.97 Å². The second kappa shape index (κ2) is 8.52. The lowest BCUT2D eigenvalue weighted by molar-refractivity contribution is 0.0696. The molecule has 1 aromatic heterocycles. The van der Waals surface area contributed by atoms with Crippen LogP contribution in [0.25, 0.3) is 11.0 Å². The fraction of sp³-hybridized carbons (Fsp3) is 0.0870. The number of sulfone groups is 1. The Morgan fingerprint density at radius 1 is 1.06 bits per heavy atom. The number of fused-ring (bicyclic) bond motifs is 1. The Balaban J connectivity index is 1.52. The molecule has 0 aliphatic carbocycles. The molecule has 0 aliphatic rings. The van der Waals surface area contributed by atoms with E-state index in [9.17, 15) is 13.2 Å². The molecule has 7 nitrogen and oxygen atoms in total. The Labute approximate surface area is 189 Å². The molecule has 2 N–H and O–H groups in total. The fourth-order valence-corrected chi connectivity index (χ4v) is 4.28. The van der Waals surface area contributed by atoms with E-state index in [-0.39, 0.29) is 16.2 Å². The van der Waals surface area contributed by atoms with Gasteiger partial charge in [0.1, 0.15) is 22.2 Å². The summed E-state index contributed by atoms with van der Waals surface area (Å²) in [5.74, 6) is -0.0000243. The zero-order chi connectivity index (χ0) is 22.9. The summed E-state index contributed by atoms with van der Waals surface area (Å²) in [6, 6.07) is 18.4. The predicted octanol–water partition coefficient (Wildman–Crippen LogP) is 4.42. The van der Waals surface area contributed by atoms with E-state index in [1.807, 2.05) is 24.3 Å². The number of benzene rings is 3. The van der Waals surface area contributed by atoms with Crippen molar-refractivity contribution in [1.29, 1.82) is 0 Å². The lowest BCUT2D eigenvalue weighted by Gasteiger charge is -2.11. The number of nitrogens with zero attached hydrogens (tertiary/aromatic N) is 1. The van der Waals surface area contributed by atoms with Crippen LogP contribution in [-0.2, 0) is 16.3 Å². The van der Waals surface area contributed by atoms with Crippen molar-refractivity contribution in [3.63, 3.8) is 0 Å². The van der Waals surface area contributed by atoms with E-state index in [2.05, 4.69) is 9.97 Å². The Morgan fingerprint density at radius 2 is 1.75 bits per heavy atom. The summed E-state index contributed by atoms with van der Waals surface area (Å²) >= 11 is 5.55. The maximum atomic E-state index is 12.1. The minimum atomic E-state index is -3.70. The van der Waals surface area contributed by atoms with E-state index in [1.165, 1.54) is 12.1 Å². The number of aromatic amines is 1. The number of imidazole rings is 1. The van der Waals surface area contributed by atoms with Gasteiger partial charge in [0.2, 0.25) is 0 Å². The third-order valence-corrected chi connectivity index (χ3v) is 6.26. The average molecular weight is 467 g/mol. The molecular weight excluding hydrogens is 448 g/mol. The molecule has 0 aliphatic heterocycles. The molecule has 9 heteroatoms. The van der Waals surface area contributed by atoms with Crippen molar-refractivity contribution in [2.75, 3.05) is 6.26 Å². The summed E-state index contributed by atoms with van der Waals surface area (Å²) in [6.45, 7) is 0. The van der Waals surface area contributed by atoms with Gasteiger partial charge in [-0.1, -0.05) is 36.5 Å². The molecule has 4 rings (SSSR count). The van der Waals surface area contributed by atoms with Gasteiger partial charge in [-0.2, -0.15) is 0 Å². The van der Waals surface area contributed by atoms with Gasteiger partial charge in [-0.05, 0) is 48.0 Å². The highest BCUT2D eigenvalue weighted by molar-refractivity contribution is 7.90. The summed E-state index contributed by atoms with van der Waals surface area (Å²) in [4.78, 5) is 19.5. The molecular formula is C23H18N2O5S2. The molecule has 0 amide bonds. The predicted molar refractivity (Wildman–Crippen MR) is 125 cm³/mol. The van der Waals surface area contributed by atoms with Crippen LogP contribution in [-0.4, -0.2) is 40.6 Å². The first-order valence-electron chi connectivity index (χ1n) is 9.53. The minimum absolute atomic E-state index is 0.0510. The minimum Gasteiger partial charge on any atom is -0.478 e. The number of carboxylic acids is 1. The van der Waals surface area contributed by atoms with Crippen LogP contribution in [0.1, 0.15) is 21.7 Å². The highest BCUT2D eigenvalue weighted by Crippen LogP contribution is 2.30. The number of aromatic nitrogens is 2. The molecule has 0 saturated heterocycles. The zero-order valence-electron chi connectivity index (χ0n) is 16.9. The number of aromatic carboxylic acids is 1. The van der Waals surface area contributed by atoms with E-state index in [1.54, 1.807) is 24.3 Å². The van der Waals surface area contributed by atoms with Crippen LogP contribution in [0.5, 0.6) is 11.5 Å². The topological polar surface area (TPSA) is 109 Å². The van der Waals surface area contributed by atoms with Crippen LogP contribution in [0.15, 0.2) is 71.6 Å². The number of nitrogens with one attached hydrogen (secondary N) is 1. The first kappa shape index (κ1) is 21.7. The quantitative estimate of drug-likeness (QED) is 0.306.